The van der Waals surface area contributed by atoms with Gasteiger partial charge in [-0.25, -0.2) is 0 Å². The molecule has 100 valence electrons. The molecule has 0 aliphatic carbocycles. The van der Waals surface area contributed by atoms with Crippen molar-refractivity contribution in [1.82, 2.24) is 0 Å². The summed E-state index contributed by atoms with van der Waals surface area (Å²) in [5.41, 5.74) is 6.31. The van der Waals surface area contributed by atoms with Crippen molar-refractivity contribution >= 4 is 29.0 Å². The number of carbonyl (C=O) groups is 1. The summed E-state index contributed by atoms with van der Waals surface area (Å²) in [7, 11) is 0. The van der Waals surface area contributed by atoms with Gasteiger partial charge in [0.15, 0.2) is 5.78 Å². The molecular weight excluding hydrogens is 269 g/mol. The van der Waals surface area contributed by atoms with Gasteiger partial charge in [-0.2, -0.15) is 0 Å². The van der Waals surface area contributed by atoms with E-state index in [1.807, 2.05) is 13.8 Å². The quantitative estimate of drug-likeness (QED) is 0.792. The average Bonchev–Trinajstić information content (AvgIpc) is 2.31. The lowest BCUT2D eigenvalue weighted by Crippen LogP contribution is -2.16. The molecule has 0 aliphatic rings. The summed E-state index contributed by atoms with van der Waals surface area (Å²) in [5, 5.41) is 0.892. The third-order valence-corrected chi connectivity index (χ3v) is 3.69. The van der Waals surface area contributed by atoms with Gasteiger partial charge in [-0.05, 0) is 38.0 Å². The van der Waals surface area contributed by atoms with E-state index in [4.69, 9.17) is 28.9 Å². The first-order valence-electron chi connectivity index (χ1n) is 6.16. The third kappa shape index (κ3) is 4.60. The lowest BCUT2D eigenvalue weighted by molar-refractivity contribution is 0.0922. The molecule has 2 unspecified atom stereocenters. The molecule has 4 heteroatoms. The Bertz CT molecular complexity index is 418. The zero-order valence-corrected chi connectivity index (χ0v) is 12.3. The second kappa shape index (κ2) is 7.13. The number of benzene rings is 1. The van der Waals surface area contributed by atoms with Crippen LogP contribution in [-0.2, 0) is 0 Å². The molecule has 2 nitrogen and oxygen atoms in total. The predicted octanol–water partition coefficient (Wildman–Crippen LogP) is 4.33. The van der Waals surface area contributed by atoms with Crippen molar-refractivity contribution in [1.29, 1.82) is 0 Å². The summed E-state index contributed by atoms with van der Waals surface area (Å²) in [4.78, 5) is 12.2. The third-order valence-electron chi connectivity index (χ3n) is 2.95. The van der Waals surface area contributed by atoms with Crippen molar-refractivity contribution in [3.63, 3.8) is 0 Å². The van der Waals surface area contributed by atoms with Crippen molar-refractivity contribution in [2.24, 2.45) is 11.7 Å². The van der Waals surface area contributed by atoms with Crippen LogP contribution in [0.3, 0.4) is 0 Å². The first-order chi connectivity index (χ1) is 8.41. The van der Waals surface area contributed by atoms with E-state index in [0.717, 1.165) is 19.3 Å². The van der Waals surface area contributed by atoms with Crippen molar-refractivity contribution in [2.75, 3.05) is 0 Å². The summed E-state index contributed by atoms with van der Waals surface area (Å²) in [6, 6.07) is 5.20. The standard InChI is InChI=1S/C14H19Cl2NO/c1-9(4-3-5-10(2)17)14(18)11-6-7-12(15)13(16)8-11/h6-10H,3-5,17H2,1-2H3. The number of ketones is 1. The van der Waals surface area contributed by atoms with E-state index in [1.165, 1.54) is 0 Å². The van der Waals surface area contributed by atoms with Gasteiger partial charge in [-0.15, -0.1) is 0 Å². The normalized spacial score (nSPS) is 14.3. The van der Waals surface area contributed by atoms with E-state index in [1.54, 1.807) is 18.2 Å². The molecule has 1 aromatic rings. The number of hydrogen-bond acceptors (Lipinski definition) is 2. The maximum atomic E-state index is 12.2. The van der Waals surface area contributed by atoms with Crippen molar-refractivity contribution in [3.8, 4) is 0 Å². The van der Waals surface area contributed by atoms with E-state index in [2.05, 4.69) is 0 Å². The van der Waals surface area contributed by atoms with E-state index in [9.17, 15) is 4.79 Å². The van der Waals surface area contributed by atoms with Gasteiger partial charge in [0.1, 0.15) is 0 Å². The number of Topliss-reactive ketones (excluding diaryl/α,β-unsaturated/α-hetero) is 1. The first-order valence-corrected chi connectivity index (χ1v) is 6.92. The minimum atomic E-state index is -0.0130. The molecule has 0 aromatic heterocycles. The van der Waals surface area contributed by atoms with Crippen molar-refractivity contribution < 1.29 is 4.79 Å². The zero-order valence-electron chi connectivity index (χ0n) is 10.7. The van der Waals surface area contributed by atoms with Crippen LogP contribution in [0.25, 0.3) is 0 Å². The van der Waals surface area contributed by atoms with E-state index >= 15 is 0 Å². The molecule has 0 bridgehead atoms. The molecule has 18 heavy (non-hydrogen) atoms. The van der Waals surface area contributed by atoms with Crippen LogP contribution in [-0.4, -0.2) is 11.8 Å². The fourth-order valence-electron chi connectivity index (χ4n) is 1.81. The Morgan fingerprint density at radius 3 is 2.44 bits per heavy atom. The fourth-order valence-corrected chi connectivity index (χ4v) is 2.11. The number of halogens is 2. The number of nitrogens with two attached hydrogens (primary N) is 1. The maximum Gasteiger partial charge on any atom is 0.165 e. The smallest absolute Gasteiger partial charge is 0.165 e. The van der Waals surface area contributed by atoms with E-state index in [0.29, 0.717) is 15.6 Å². The highest BCUT2D eigenvalue weighted by molar-refractivity contribution is 6.42. The highest BCUT2D eigenvalue weighted by atomic mass is 35.5. The maximum absolute atomic E-state index is 12.2. The Labute approximate surface area is 118 Å². The Kier molecular flexibility index (Phi) is 6.13. The molecule has 0 amide bonds. The van der Waals surface area contributed by atoms with Gasteiger partial charge < -0.3 is 5.73 Å². The second-order valence-electron chi connectivity index (χ2n) is 4.80. The Balaban J connectivity index is 2.60. The van der Waals surface area contributed by atoms with Gasteiger partial charge in [0.05, 0.1) is 10.0 Å². The van der Waals surface area contributed by atoms with Gasteiger partial charge in [-0.3, -0.25) is 4.79 Å². The highest BCUT2D eigenvalue weighted by Gasteiger charge is 2.16. The molecule has 0 fully saturated rings. The lowest BCUT2D eigenvalue weighted by Gasteiger charge is -2.12. The van der Waals surface area contributed by atoms with Crippen LogP contribution in [0.15, 0.2) is 18.2 Å². The van der Waals surface area contributed by atoms with Crippen LogP contribution in [0.1, 0.15) is 43.5 Å². The molecule has 0 saturated heterocycles. The average molecular weight is 288 g/mol. The predicted molar refractivity (Wildman–Crippen MR) is 77.5 cm³/mol. The monoisotopic (exact) mass is 287 g/mol. The molecule has 0 aliphatic heterocycles. The van der Waals surface area contributed by atoms with Crippen LogP contribution in [0.4, 0.5) is 0 Å². The highest BCUT2D eigenvalue weighted by Crippen LogP contribution is 2.24. The Morgan fingerprint density at radius 2 is 1.89 bits per heavy atom. The molecule has 2 atom stereocenters. The summed E-state index contributed by atoms with van der Waals surface area (Å²) >= 11 is 11.7. The topological polar surface area (TPSA) is 43.1 Å². The summed E-state index contributed by atoms with van der Waals surface area (Å²) in [6.45, 7) is 3.91. The number of rotatable bonds is 6. The molecule has 1 aromatic carbocycles. The number of carbonyl (C=O) groups excluding carboxylic acids is 1. The molecule has 0 heterocycles. The van der Waals surface area contributed by atoms with E-state index < -0.39 is 0 Å². The molecular formula is C14H19Cl2NO. The van der Waals surface area contributed by atoms with Gasteiger partial charge in [-0.1, -0.05) is 36.5 Å². The SMILES string of the molecule is CC(N)CCCC(C)C(=O)c1ccc(Cl)c(Cl)c1. The Hall–Kier alpha value is -0.570. The van der Waals surface area contributed by atoms with Crippen LogP contribution in [0, 0.1) is 5.92 Å². The summed E-state index contributed by atoms with van der Waals surface area (Å²) in [6.07, 6.45) is 2.76. The van der Waals surface area contributed by atoms with E-state index in [-0.39, 0.29) is 17.7 Å². The van der Waals surface area contributed by atoms with Gasteiger partial charge in [0, 0.05) is 17.5 Å². The summed E-state index contributed by atoms with van der Waals surface area (Å²) in [5.74, 6) is 0.0965. The first kappa shape index (κ1) is 15.5. The zero-order chi connectivity index (χ0) is 13.7. The van der Waals surface area contributed by atoms with Crippen LogP contribution in [0.2, 0.25) is 10.0 Å². The second-order valence-corrected chi connectivity index (χ2v) is 5.62. The van der Waals surface area contributed by atoms with Gasteiger partial charge >= 0.3 is 0 Å². The molecule has 2 N–H and O–H groups in total. The fraction of sp³-hybridized carbons (Fsp3) is 0.500. The lowest BCUT2D eigenvalue weighted by atomic mass is 9.94. The van der Waals surface area contributed by atoms with Crippen molar-refractivity contribution in [3.05, 3.63) is 33.8 Å². The Morgan fingerprint density at radius 1 is 1.22 bits per heavy atom. The van der Waals surface area contributed by atoms with Crippen molar-refractivity contribution in [2.45, 2.75) is 39.2 Å². The minimum Gasteiger partial charge on any atom is -0.328 e. The van der Waals surface area contributed by atoms with Crippen LogP contribution >= 0.6 is 23.2 Å². The molecule has 1 rings (SSSR count). The van der Waals surface area contributed by atoms with Gasteiger partial charge in [0.2, 0.25) is 0 Å². The minimum absolute atomic E-state index is 0.0130. The molecule has 0 spiro atoms. The molecule has 0 saturated carbocycles. The van der Waals surface area contributed by atoms with Crippen LogP contribution < -0.4 is 5.73 Å². The summed E-state index contributed by atoms with van der Waals surface area (Å²) < 4.78 is 0. The molecule has 0 radical (unpaired) electrons. The largest absolute Gasteiger partial charge is 0.328 e. The number of hydrogen-bond donors (Lipinski definition) is 1. The van der Waals surface area contributed by atoms with Crippen LogP contribution in [0.5, 0.6) is 0 Å². The van der Waals surface area contributed by atoms with Gasteiger partial charge in [0.25, 0.3) is 0 Å².